The normalized spacial score (nSPS) is 30.6. The molecule has 2 aliphatic heterocycles. The van der Waals surface area contributed by atoms with E-state index in [-0.39, 0.29) is 0 Å². The third kappa shape index (κ3) is 1.14. The first kappa shape index (κ1) is 8.11. The minimum Gasteiger partial charge on any atom is -0.276 e. The Morgan fingerprint density at radius 2 is 2.33 bits per heavy atom. The SMILES string of the molecule is C[B]C1CCCN2C(=O)CCN12. The van der Waals surface area contributed by atoms with Gasteiger partial charge in [0.15, 0.2) is 0 Å². The number of carbonyl (C=O) groups is 1. The number of nitrogens with zero attached hydrogens (tertiary/aromatic N) is 2. The number of amides is 1. The lowest BCUT2D eigenvalue weighted by Crippen LogP contribution is -2.51. The fraction of sp³-hybridized carbons (Fsp3) is 0.875. The van der Waals surface area contributed by atoms with Gasteiger partial charge in [0.2, 0.25) is 5.91 Å². The van der Waals surface area contributed by atoms with Gasteiger partial charge in [-0.2, -0.15) is 0 Å². The van der Waals surface area contributed by atoms with Gasteiger partial charge in [0, 0.05) is 19.5 Å². The molecule has 1 radical (unpaired) electrons. The van der Waals surface area contributed by atoms with Crippen LogP contribution in [0, 0.1) is 0 Å². The van der Waals surface area contributed by atoms with Crippen molar-refractivity contribution in [3.05, 3.63) is 0 Å². The van der Waals surface area contributed by atoms with Crippen molar-refractivity contribution in [1.29, 1.82) is 0 Å². The van der Waals surface area contributed by atoms with E-state index in [0.29, 0.717) is 18.3 Å². The Kier molecular flexibility index (Phi) is 2.09. The second-order valence-electron chi connectivity index (χ2n) is 3.47. The van der Waals surface area contributed by atoms with E-state index in [1.165, 1.54) is 6.42 Å². The molecule has 0 aliphatic carbocycles. The van der Waals surface area contributed by atoms with Crippen LogP contribution in [0.4, 0.5) is 0 Å². The summed E-state index contributed by atoms with van der Waals surface area (Å²) in [7, 11) is 2.20. The van der Waals surface area contributed by atoms with Crippen molar-refractivity contribution in [3.63, 3.8) is 0 Å². The van der Waals surface area contributed by atoms with Crippen LogP contribution in [-0.4, -0.2) is 42.2 Å². The molecule has 0 bridgehead atoms. The molecular weight excluding hydrogens is 151 g/mol. The number of hydrazine groups is 1. The molecule has 0 aromatic heterocycles. The predicted octanol–water partition coefficient (Wildman–Crippen LogP) is 0.308. The summed E-state index contributed by atoms with van der Waals surface area (Å²) < 4.78 is 0. The lowest BCUT2D eigenvalue weighted by molar-refractivity contribution is -0.141. The Morgan fingerprint density at radius 3 is 3.08 bits per heavy atom. The van der Waals surface area contributed by atoms with Gasteiger partial charge in [0.05, 0.1) is 0 Å². The molecule has 2 rings (SSSR count). The number of hydrogen-bond donors (Lipinski definition) is 0. The average molecular weight is 165 g/mol. The van der Waals surface area contributed by atoms with E-state index >= 15 is 0 Å². The Hall–Kier alpha value is -0.505. The predicted molar refractivity (Wildman–Crippen MR) is 47.7 cm³/mol. The standard InChI is InChI=1S/C8H14BN2O/c1-9-7-3-2-5-11-8(12)4-6-10(7)11/h7H,2-6H2,1H3. The Labute approximate surface area is 73.9 Å². The molecule has 0 aromatic rings. The summed E-state index contributed by atoms with van der Waals surface area (Å²) in [6.45, 7) is 3.94. The summed E-state index contributed by atoms with van der Waals surface area (Å²) in [6, 6.07) is 0. The molecule has 0 N–H and O–H groups in total. The van der Waals surface area contributed by atoms with Crippen molar-refractivity contribution in [1.82, 2.24) is 10.0 Å². The molecule has 2 saturated heterocycles. The van der Waals surface area contributed by atoms with Gasteiger partial charge < -0.3 is 0 Å². The molecule has 12 heavy (non-hydrogen) atoms. The van der Waals surface area contributed by atoms with E-state index in [2.05, 4.69) is 19.1 Å². The lowest BCUT2D eigenvalue weighted by Gasteiger charge is -2.39. The fourth-order valence-corrected chi connectivity index (χ4v) is 2.14. The summed E-state index contributed by atoms with van der Waals surface area (Å²) in [5.74, 6) is 0.812. The summed E-state index contributed by atoms with van der Waals surface area (Å²) in [5.41, 5.74) is 0. The van der Waals surface area contributed by atoms with Gasteiger partial charge in [-0.15, -0.1) is 0 Å². The van der Waals surface area contributed by atoms with Crippen molar-refractivity contribution in [2.75, 3.05) is 13.1 Å². The van der Waals surface area contributed by atoms with Crippen LogP contribution in [0.1, 0.15) is 19.3 Å². The van der Waals surface area contributed by atoms with Crippen LogP contribution < -0.4 is 0 Å². The van der Waals surface area contributed by atoms with E-state index < -0.39 is 0 Å². The molecule has 0 aromatic carbocycles. The maximum atomic E-state index is 11.3. The fourth-order valence-electron chi connectivity index (χ4n) is 2.14. The molecule has 0 saturated carbocycles. The maximum absolute atomic E-state index is 11.3. The maximum Gasteiger partial charge on any atom is 0.238 e. The first-order valence-electron chi connectivity index (χ1n) is 4.69. The molecular formula is C8H14BN2O. The van der Waals surface area contributed by atoms with Gasteiger partial charge in [-0.05, 0) is 18.8 Å². The minimum absolute atomic E-state index is 0.307. The second kappa shape index (κ2) is 3.09. The van der Waals surface area contributed by atoms with Gasteiger partial charge in [-0.3, -0.25) is 9.80 Å². The van der Waals surface area contributed by atoms with Crippen molar-refractivity contribution in [3.8, 4) is 0 Å². The highest BCUT2D eigenvalue weighted by Gasteiger charge is 2.35. The van der Waals surface area contributed by atoms with E-state index in [9.17, 15) is 4.79 Å². The number of rotatable bonds is 1. The summed E-state index contributed by atoms with van der Waals surface area (Å²) in [6.07, 6.45) is 3.07. The molecule has 2 aliphatic rings. The van der Waals surface area contributed by atoms with Crippen LogP contribution in [0.5, 0.6) is 0 Å². The molecule has 65 valence electrons. The van der Waals surface area contributed by atoms with Crippen LogP contribution in [0.2, 0.25) is 6.82 Å². The van der Waals surface area contributed by atoms with Gasteiger partial charge >= 0.3 is 0 Å². The largest absolute Gasteiger partial charge is 0.276 e. The van der Waals surface area contributed by atoms with Crippen molar-refractivity contribution >= 4 is 13.2 Å². The van der Waals surface area contributed by atoms with Crippen LogP contribution in [0.25, 0.3) is 0 Å². The molecule has 1 unspecified atom stereocenters. The zero-order valence-electron chi connectivity index (χ0n) is 7.49. The van der Waals surface area contributed by atoms with Crippen LogP contribution in [0.15, 0.2) is 0 Å². The third-order valence-corrected chi connectivity index (χ3v) is 2.79. The number of carbonyl (C=O) groups excluding carboxylic acids is 1. The zero-order valence-corrected chi connectivity index (χ0v) is 7.49. The zero-order chi connectivity index (χ0) is 8.55. The monoisotopic (exact) mass is 165 g/mol. The first-order chi connectivity index (χ1) is 5.83. The topological polar surface area (TPSA) is 23.6 Å². The molecule has 2 heterocycles. The van der Waals surface area contributed by atoms with Gasteiger partial charge in [0.1, 0.15) is 7.28 Å². The molecule has 4 heteroatoms. The molecule has 3 nitrogen and oxygen atoms in total. The van der Waals surface area contributed by atoms with Crippen LogP contribution in [-0.2, 0) is 4.79 Å². The molecule has 0 spiro atoms. The van der Waals surface area contributed by atoms with Crippen LogP contribution >= 0.6 is 0 Å². The summed E-state index contributed by atoms with van der Waals surface area (Å²) in [5, 5.41) is 4.14. The highest BCUT2D eigenvalue weighted by Crippen LogP contribution is 2.23. The lowest BCUT2D eigenvalue weighted by atomic mass is 9.69. The third-order valence-electron chi connectivity index (χ3n) is 2.79. The minimum atomic E-state index is 0.307. The van der Waals surface area contributed by atoms with E-state index in [4.69, 9.17) is 0 Å². The van der Waals surface area contributed by atoms with Crippen molar-refractivity contribution in [2.45, 2.75) is 32.0 Å². The van der Waals surface area contributed by atoms with Crippen LogP contribution in [0.3, 0.4) is 0 Å². The van der Waals surface area contributed by atoms with E-state index in [0.717, 1.165) is 19.5 Å². The Morgan fingerprint density at radius 1 is 1.50 bits per heavy atom. The first-order valence-corrected chi connectivity index (χ1v) is 4.69. The summed E-state index contributed by atoms with van der Waals surface area (Å²) >= 11 is 0. The molecule has 1 amide bonds. The van der Waals surface area contributed by atoms with Gasteiger partial charge in [-0.25, -0.2) is 5.01 Å². The van der Waals surface area contributed by atoms with Gasteiger partial charge in [0.25, 0.3) is 0 Å². The van der Waals surface area contributed by atoms with E-state index in [1.807, 2.05) is 5.01 Å². The second-order valence-corrected chi connectivity index (χ2v) is 3.47. The van der Waals surface area contributed by atoms with E-state index in [1.54, 1.807) is 0 Å². The summed E-state index contributed by atoms with van der Waals surface area (Å²) in [4.78, 5) is 11.3. The average Bonchev–Trinajstić information content (AvgIpc) is 2.48. The smallest absolute Gasteiger partial charge is 0.238 e. The Bertz CT molecular complexity index is 197. The Balaban J connectivity index is 2.09. The molecule has 2 fully saturated rings. The van der Waals surface area contributed by atoms with Gasteiger partial charge in [-0.1, -0.05) is 6.82 Å². The highest BCUT2D eigenvalue weighted by molar-refractivity contribution is 6.35. The quantitative estimate of drug-likeness (QED) is 0.522. The number of fused-ring (bicyclic) bond motifs is 1. The van der Waals surface area contributed by atoms with Crippen molar-refractivity contribution in [2.24, 2.45) is 0 Å². The van der Waals surface area contributed by atoms with Crippen molar-refractivity contribution < 1.29 is 4.79 Å². The highest BCUT2D eigenvalue weighted by atomic mass is 16.2. The number of hydrogen-bond acceptors (Lipinski definition) is 2. The molecule has 1 atom stereocenters.